The van der Waals surface area contributed by atoms with Crippen molar-refractivity contribution in [3.63, 3.8) is 0 Å². The number of nitrogens with one attached hydrogen (secondary N) is 1. The van der Waals surface area contributed by atoms with Crippen LogP contribution in [0, 0.1) is 12.7 Å². The third kappa shape index (κ3) is 3.93. The van der Waals surface area contributed by atoms with Gasteiger partial charge in [0.05, 0.1) is 6.42 Å². The Morgan fingerprint density at radius 3 is 2.86 bits per heavy atom. The number of hydrogen-bond acceptors (Lipinski definition) is 2. The molecule has 2 rings (SSSR count). The van der Waals surface area contributed by atoms with E-state index in [0.717, 1.165) is 12.8 Å². The number of hydrogen-bond donors (Lipinski definition) is 2. The molecule has 1 unspecified atom stereocenters. The Labute approximate surface area is 122 Å². The van der Waals surface area contributed by atoms with E-state index in [0.29, 0.717) is 24.2 Å². The Balaban J connectivity index is 2.06. The molecule has 5 nitrogen and oxygen atoms in total. The van der Waals surface area contributed by atoms with Crippen molar-refractivity contribution in [1.29, 1.82) is 0 Å². The average Bonchev–Trinajstić information content (AvgIpc) is 2.43. The Bertz CT molecular complexity index is 548. The number of benzene rings is 1. The molecule has 6 heteroatoms. The molecule has 2 amide bonds. The lowest BCUT2D eigenvalue weighted by Gasteiger charge is -2.34. The molecule has 0 aromatic heterocycles. The van der Waals surface area contributed by atoms with Crippen molar-refractivity contribution in [2.24, 2.45) is 0 Å². The van der Waals surface area contributed by atoms with Crippen molar-refractivity contribution < 1.29 is 19.1 Å². The summed E-state index contributed by atoms with van der Waals surface area (Å²) in [5.41, 5.74) is 0.965. The smallest absolute Gasteiger partial charge is 0.322 e. The molecule has 1 heterocycles. The third-order valence-corrected chi connectivity index (χ3v) is 3.71. The summed E-state index contributed by atoms with van der Waals surface area (Å²) in [6.45, 7) is 2.17. The molecular weight excluding hydrogens is 275 g/mol. The van der Waals surface area contributed by atoms with Gasteiger partial charge in [0.25, 0.3) is 0 Å². The van der Waals surface area contributed by atoms with Gasteiger partial charge in [-0.1, -0.05) is 0 Å². The minimum atomic E-state index is -0.905. The highest BCUT2D eigenvalue weighted by Crippen LogP contribution is 2.21. The summed E-state index contributed by atoms with van der Waals surface area (Å²) >= 11 is 0. The first-order valence-electron chi connectivity index (χ1n) is 7.03. The van der Waals surface area contributed by atoms with Crippen molar-refractivity contribution in [3.05, 3.63) is 29.6 Å². The number of carboxylic acids is 1. The highest BCUT2D eigenvalue weighted by atomic mass is 19.1. The fourth-order valence-corrected chi connectivity index (χ4v) is 2.60. The van der Waals surface area contributed by atoms with Gasteiger partial charge in [0.1, 0.15) is 5.82 Å². The number of carbonyl (C=O) groups is 2. The number of aliphatic carboxylic acids is 1. The number of nitrogens with zero attached hydrogens (tertiary/aromatic N) is 1. The molecule has 0 bridgehead atoms. The molecule has 1 saturated heterocycles. The molecule has 0 saturated carbocycles. The molecule has 2 N–H and O–H groups in total. The van der Waals surface area contributed by atoms with Crippen molar-refractivity contribution in [2.45, 2.75) is 38.6 Å². The largest absolute Gasteiger partial charge is 0.481 e. The molecule has 0 spiro atoms. The Kier molecular flexibility index (Phi) is 4.77. The van der Waals surface area contributed by atoms with E-state index < -0.39 is 5.97 Å². The fraction of sp³-hybridized carbons (Fsp3) is 0.467. The highest BCUT2D eigenvalue weighted by Gasteiger charge is 2.28. The van der Waals surface area contributed by atoms with Crippen LogP contribution in [0.1, 0.15) is 31.2 Å². The van der Waals surface area contributed by atoms with Crippen LogP contribution >= 0.6 is 0 Å². The lowest BCUT2D eigenvalue weighted by atomic mass is 10.00. The first-order chi connectivity index (χ1) is 9.97. The van der Waals surface area contributed by atoms with E-state index in [1.165, 1.54) is 12.1 Å². The second-order valence-corrected chi connectivity index (χ2v) is 5.33. The van der Waals surface area contributed by atoms with E-state index in [1.54, 1.807) is 17.9 Å². The number of urea groups is 1. The van der Waals surface area contributed by atoms with Crippen LogP contribution in [0.5, 0.6) is 0 Å². The number of aryl methyl sites for hydroxylation is 1. The standard InChI is InChI=1S/C15H19FN2O3/c1-10-8-11(5-6-13(10)16)17-15(21)18-7-3-2-4-12(18)9-14(19)20/h5-6,8,12H,2-4,7,9H2,1H3,(H,17,21)(H,19,20). The van der Waals surface area contributed by atoms with E-state index >= 15 is 0 Å². The van der Waals surface area contributed by atoms with Crippen LogP contribution in [0.2, 0.25) is 0 Å². The van der Waals surface area contributed by atoms with Crippen LogP contribution < -0.4 is 5.32 Å². The number of amides is 2. The van der Waals surface area contributed by atoms with Gasteiger partial charge in [0.15, 0.2) is 0 Å². The van der Waals surface area contributed by atoms with Gasteiger partial charge in [0, 0.05) is 18.3 Å². The first-order valence-corrected chi connectivity index (χ1v) is 7.03. The summed E-state index contributed by atoms with van der Waals surface area (Å²) < 4.78 is 13.2. The normalized spacial score (nSPS) is 18.4. The summed E-state index contributed by atoms with van der Waals surface area (Å²) in [5.74, 6) is -1.23. The van der Waals surface area contributed by atoms with Gasteiger partial charge < -0.3 is 15.3 Å². The van der Waals surface area contributed by atoms with Gasteiger partial charge >= 0.3 is 12.0 Å². The summed E-state index contributed by atoms with van der Waals surface area (Å²) in [6, 6.07) is 3.75. The molecule has 114 valence electrons. The SMILES string of the molecule is Cc1cc(NC(=O)N2CCCCC2CC(=O)O)ccc1F. The quantitative estimate of drug-likeness (QED) is 0.900. The zero-order valence-electron chi connectivity index (χ0n) is 11.9. The van der Waals surface area contributed by atoms with E-state index in [2.05, 4.69) is 5.32 Å². The number of halogens is 1. The lowest BCUT2D eigenvalue weighted by Crippen LogP contribution is -2.46. The van der Waals surface area contributed by atoms with Crippen LogP contribution in [0.3, 0.4) is 0 Å². The molecule has 1 fully saturated rings. The Hall–Kier alpha value is -2.11. The van der Waals surface area contributed by atoms with Crippen molar-refractivity contribution in [2.75, 3.05) is 11.9 Å². The lowest BCUT2D eigenvalue weighted by molar-refractivity contribution is -0.138. The molecule has 21 heavy (non-hydrogen) atoms. The van der Waals surface area contributed by atoms with Crippen LogP contribution in [-0.2, 0) is 4.79 Å². The van der Waals surface area contributed by atoms with Gasteiger partial charge in [-0.3, -0.25) is 4.79 Å². The average molecular weight is 294 g/mol. The molecular formula is C15H19FN2O3. The van der Waals surface area contributed by atoms with Gasteiger partial charge in [-0.25, -0.2) is 9.18 Å². The van der Waals surface area contributed by atoms with Crippen molar-refractivity contribution in [1.82, 2.24) is 4.90 Å². The fourth-order valence-electron chi connectivity index (χ4n) is 2.60. The molecule has 1 aliphatic heterocycles. The van der Waals surface area contributed by atoms with E-state index in [4.69, 9.17) is 5.11 Å². The van der Waals surface area contributed by atoms with Gasteiger partial charge in [0.2, 0.25) is 0 Å². The van der Waals surface area contributed by atoms with Gasteiger partial charge in [-0.15, -0.1) is 0 Å². The molecule has 1 aromatic rings. The van der Waals surface area contributed by atoms with Crippen LogP contribution in [0.4, 0.5) is 14.9 Å². The minimum Gasteiger partial charge on any atom is -0.481 e. The van der Waals surface area contributed by atoms with Crippen LogP contribution in [0.25, 0.3) is 0 Å². The van der Waals surface area contributed by atoms with Crippen molar-refractivity contribution >= 4 is 17.7 Å². The minimum absolute atomic E-state index is 0.0458. The van der Waals surface area contributed by atoms with Crippen LogP contribution in [0.15, 0.2) is 18.2 Å². The van der Waals surface area contributed by atoms with Crippen molar-refractivity contribution in [3.8, 4) is 0 Å². The number of carbonyl (C=O) groups excluding carboxylic acids is 1. The number of anilines is 1. The Morgan fingerprint density at radius 1 is 1.43 bits per heavy atom. The first kappa shape index (κ1) is 15.3. The number of piperidine rings is 1. The maximum absolute atomic E-state index is 13.2. The van der Waals surface area contributed by atoms with E-state index in [-0.39, 0.29) is 24.3 Å². The van der Waals surface area contributed by atoms with Gasteiger partial charge in [-0.05, 0) is 49.9 Å². The number of likely N-dealkylation sites (tertiary alicyclic amines) is 1. The molecule has 0 radical (unpaired) electrons. The molecule has 1 atom stereocenters. The summed E-state index contributed by atoms with van der Waals surface area (Å²) in [6.07, 6.45) is 2.45. The predicted octanol–water partition coefficient (Wildman–Crippen LogP) is 3.00. The molecule has 1 aliphatic rings. The number of rotatable bonds is 3. The van der Waals surface area contributed by atoms with Crippen LogP contribution in [-0.4, -0.2) is 34.6 Å². The maximum atomic E-state index is 13.2. The monoisotopic (exact) mass is 294 g/mol. The highest BCUT2D eigenvalue weighted by molar-refractivity contribution is 5.90. The summed E-state index contributed by atoms with van der Waals surface area (Å²) in [4.78, 5) is 24.7. The maximum Gasteiger partial charge on any atom is 0.322 e. The second kappa shape index (κ2) is 6.56. The molecule has 1 aromatic carbocycles. The predicted molar refractivity (Wildman–Crippen MR) is 76.8 cm³/mol. The number of carboxylic acid groups (broad SMARTS) is 1. The summed E-state index contributed by atoms with van der Waals surface area (Å²) in [7, 11) is 0. The third-order valence-electron chi connectivity index (χ3n) is 3.71. The topological polar surface area (TPSA) is 69.6 Å². The zero-order valence-corrected chi connectivity index (χ0v) is 11.9. The summed E-state index contributed by atoms with van der Waals surface area (Å²) in [5, 5.41) is 11.6. The van der Waals surface area contributed by atoms with E-state index in [1.807, 2.05) is 0 Å². The van der Waals surface area contributed by atoms with E-state index in [9.17, 15) is 14.0 Å². The molecule has 0 aliphatic carbocycles. The Morgan fingerprint density at radius 2 is 2.19 bits per heavy atom. The second-order valence-electron chi connectivity index (χ2n) is 5.33. The zero-order chi connectivity index (χ0) is 15.4. The van der Waals surface area contributed by atoms with Gasteiger partial charge in [-0.2, -0.15) is 0 Å².